The lowest BCUT2D eigenvalue weighted by Gasteiger charge is -2.25. The van der Waals surface area contributed by atoms with E-state index in [4.69, 9.17) is 10.00 Å². The number of hydrogen-bond donors (Lipinski definition) is 1. The summed E-state index contributed by atoms with van der Waals surface area (Å²) < 4.78 is 4.91. The summed E-state index contributed by atoms with van der Waals surface area (Å²) in [5, 5.41) is 11.2. The maximum atomic E-state index is 10.8. The molecular formula is C7H10N2O2. The highest BCUT2D eigenvalue weighted by molar-refractivity contribution is 5.77. The van der Waals surface area contributed by atoms with Gasteiger partial charge in [-0.3, -0.25) is 4.79 Å². The fourth-order valence-electron chi connectivity index (χ4n) is 1.12. The first-order valence-corrected chi connectivity index (χ1v) is 3.49. The molecule has 1 aliphatic heterocycles. The largest absolute Gasteiger partial charge is 0.360 e. The molecule has 2 atom stereocenters. The second-order valence-electron chi connectivity index (χ2n) is 2.50. The topological polar surface area (TPSA) is 62.1 Å². The van der Waals surface area contributed by atoms with E-state index >= 15 is 0 Å². The van der Waals surface area contributed by atoms with E-state index in [0.29, 0.717) is 12.8 Å². The lowest BCUT2D eigenvalue weighted by Crippen LogP contribution is -2.45. The fourth-order valence-corrected chi connectivity index (χ4v) is 1.12. The van der Waals surface area contributed by atoms with Crippen LogP contribution in [0.15, 0.2) is 0 Å². The van der Waals surface area contributed by atoms with Gasteiger partial charge in [0.1, 0.15) is 6.23 Å². The van der Waals surface area contributed by atoms with E-state index in [1.165, 1.54) is 7.11 Å². The van der Waals surface area contributed by atoms with Crippen LogP contribution < -0.4 is 5.32 Å². The van der Waals surface area contributed by atoms with E-state index in [1.54, 1.807) is 0 Å². The third-order valence-electron chi connectivity index (χ3n) is 1.77. The number of carbonyl (C=O) groups is 1. The molecule has 0 spiro atoms. The zero-order chi connectivity index (χ0) is 8.27. The van der Waals surface area contributed by atoms with E-state index in [9.17, 15) is 4.79 Å². The summed E-state index contributed by atoms with van der Waals surface area (Å²) in [6, 6.07) is 2.09. The van der Waals surface area contributed by atoms with Crippen LogP contribution in [0.25, 0.3) is 0 Å². The normalized spacial score (nSPS) is 30.7. The molecule has 1 heterocycles. The van der Waals surface area contributed by atoms with Crippen LogP contribution in [0.4, 0.5) is 0 Å². The summed E-state index contributed by atoms with van der Waals surface area (Å²) >= 11 is 0. The highest BCUT2D eigenvalue weighted by atomic mass is 16.5. The molecule has 1 fully saturated rings. The Hall–Kier alpha value is -1.08. The second-order valence-corrected chi connectivity index (χ2v) is 2.50. The lowest BCUT2D eigenvalue weighted by atomic mass is 9.99. The van der Waals surface area contributed by atoms with Gasteiger partial charge in [-0.05, 0) is 6.42 Å². The molecule has 1 saturated heterocycles. The van der Waals surface area contributed by atoms with Crippen LogP contribution in [-0.4, -0.2) is 19.2 Å². The molecule has 11 heavy (non-hydrogen) atoms. The van der Waals surface area contributed by atoms with Crippen LogP contribution in [0.5, 0.6) is 0 Å². The van der Waals surface area contributed by atoms with Gasteiger partial charge in [0.15, 0.2) is 0 Å². The van der Waals surface area contributed by atoms with Crippen LogP contribution in [0.1, 0.15) is 12.8 Å². The van der Waals surface area contributed by atoms with Gasteiger partial charge in [0.25, 0.3) is 0 Å². The van der Waals surface area contributed by atoms with Gasteiger partial charge in [-0.15, -0.1) is 0 Å². The molecule has 0 radical (unpaired) electrons. The van der Waals surface area contributed by atoms with Gasteiger partial charge in [-0.2, -0.15) is 5.26 Å². The first-order chi connectivity index (χ1) is 5.27. The molecule has 1 N–H and O–H groups in total. The number of nitriles is 1. The number of ether oxygens (including phenoxy) is 1. The van der Waals surface area contributed by atoms with Gasteiger partial charge in [0, 0.05) is 13.5 Å². The Morgan fingerprint density at radius 3 is 3.09 bits per heavy atom. The number of carbonyl (C=O) groups excluding carboxylic acids is 1. The predicted molar refractivity (Wildman–Crippen MR) is 37.3 cm³/mol. The summed E-state index contributed by atoms with van der Waals surface area (Å²) in [5.41, 5.74) is 0. The van der Waals surface area contributed by atoms with Crippen LogP contribution in [-0.2, 0) is 9.53 Å². The monoisotopic (exact) mass is 154 g/mol. The Bertz CT molecular complexity index is 197. The molecule has 1 amide bonds. The number of amides is 1. The highest BCUT2D eigenvalue weighted by Gasteiger charge is 2.27. The molecule has 0 aromatic carbocycles. The molecule has 4 nitrogen and oxygen atoms in total. The molecule has 0 saturated carbocycles. The number of nitrogens with one attached hydrogen (secondary N) is 1. The summed E-state index contributed by atoms with van der Waals surface area (Å²) in [4.78, 5) is 10.8. The van der Waals surface area contributed by atoms with Crippen molar-refractivity contribution in [3.8, 4) is 6.07 Å². The van der Waals surface area contributed by atoms with Crippen molar-refractivity contribution in [2.24, 2.45) is 5.92 Å². The van der Waals surface area contributed by atoms with Crippen molar-refractivity contribution in [1.29, 1.82) is 5.26 Å². The third-order valence-corrected chi connectivity index (χ3v) is 1.77. The first-order valence-electron chi connectivity index (χ1n) is 3.49. The van der Waals surface area contributed by atoms with E-state index in [1.807, 2.05) is 0 Å². The van der Waals surface area contributed by atoms with Crippen molar-refractivity contribution in [2.45, 2.75) is 19.1 Å². The van der Waals surface area contributed by atoms with E-state index in [0.717, 1.165) is 0 Å². The minimum absolute atomic E-state index is 0.0386. The summed E-state index contributed by atoms with van der Waals surface area (Å²) in [7, 11) is 1.49. The molecule has 0 aliphatic carbocycles. The minimum Gasteiger partial charge on any atom is -0.360 e. The summed E-state index contributed by atoms with van der Waals surface area (Å²) in [6.07, 6.45) is 0.611. The van der Waals surface area contributed by atoms with Gasteiger partial charge < -0.3 is 10.1 Å². The van der Waals surface area contributed by atoms with Crippen LogP contribution in [0.3, 0.4) is 0 Å². The van der Waals surface area contributed by atoms with Gasteiger partial charge in [-0.25, -0.2) is 0 Å². The van der Waals surface area contributed by atoms with Gasteiger partial charge in [0.2, 0.25) is 5.91 Å². The molecule has 0 aromatic heterocycles. The first kappa shape index (κ1) is 8.02. The van der Waals surface area contributed by atoms with Crippen molar-refractivity contribution in [3.63, 3.8) is 0 Å². The standard InChI is InChI=1S/C7H10N2O2/c1-11-7-5(4-8)2-3-6(10)9-7/h5,7H,2-3H2,1H3,(H,9,10). The zero-order valence-corrected chi connectivity index (χ0v) is 6.33. The van der Waals surface area contributed by atoms with Gasteiger partial charge in [0.05, 0.1) is 12.0 Å². The number of nitrogens with zero attached hydrogens (tertiary/aromatic N) is 1. The fraction of sp³-hybridized carbons (Fsp3) is 0.714. The van der Waals surface area contributed by atoms with Crippen molar-refractivity contribution < 1.29 is 9.53 Å². The molecule has 0 bridgehead atoms. The van der Waals surface area contributed by atoms with Crippen molar-refractivity contribution in [2.75, 3.05) is 7.11 Å². The van der Waals surface area contributed by atoms with Crippen LogP contribution in [0.2, 0.25) is 0 Å². The molecule has 4 heteroatoms. The Morgan fingerprint density at radius 2 is 2.55 bits per heavy atom. The Morgan fingerprint density at radius 1 is 1.82 bits per heavy atom. The average molecular weight is 154 g/mol. The predicted octanol–water partition coefficient (Wildman–Crippen LogP) is 0.00868. The molecule has 1 rings (SSSR count). The van der Waals surface area contributed by atoms with Crippen molar-refractivity contribution >= 4 is 5.91 Å². The number of rotatable bonds is 1. The third kappa shape index (κ3) is 1.69. The Balaban J connectivity index is 2.56. The van der Waals surface area contributed by atoms with Gasteiger partial charge in [-0.1, -0.05) is 0 Å². The van der Waals surface area contributed by atoms with Crippen LogP contribution in [0, 0.1) is 17.2 Å². The van der Waals surface area contributed by atoms with E-state index in [-0.39, 0.29) is 11.8 Å². The average Bonchev–Trinajstić information content (AvgIpc) is 2.04. The van der Waals surface area contributed by atoms with Crippen molar-refractivity contribution in [3.05, 3.63) is 0 Å². The van der Waals surface area contributed by atoms with E-state index < -0.39 is 6.23 Å². The molecular weight excluding hydrogens is 144 g/mol. The number of methoxy groups -OCH3 is 1. The molecule has 2 unspecified atom stereocenters. The summed E-state index contributed by atoms with van der Waals surface area (Å²) in [5.74, 6) is -0.235. The Kier molecular flexibility index (Phi) is 2.44. The Labute approximate surface area is 65.1 Å². The maximum Gasteiger partial charge on any atom is 0.222 e. The number of hydrogen-bond acceptors (Lipinski definition) is 3. The highest BCUT2D eigenvalue weighted by Crippen LogP contribution is 2.16. The molecule has 0 aromatic rings. The smallest absolute Gasteiger partial charge is 0.222 e. The second kappa shape index (κ2) is 3.35. The van der Waals surface area contributed by atoms with E-state index in [2.05, 4.69) is 11.4 Å². The molecule has 1 aliphatic rings. The zero-order valence-electron chi connectivity index (χ0n) is 6.33. The SMILES string of the molecule is COC1NC(=O)CCC1C#N. The maximum absolute atomic E-state index is 10.8. The minimum atomic E-state index is -0.416. The lowest BCUT2D eigenvalue weighted by molar-refractivity contribution is -0.129. The van der Waals surface area contributed by atoms with Gasteiger partial charge >= 0.3 is 0 Å². The number of piperidine rings is 1. The summed E-state index contributed by atoms with van der Waals surface area (Å²) in [6.45, 7) is 0. The van der Waals surface area contributed by atoms with Crippen LogP contribution >= 0.6 is 0 Å². The van der Waals surface area contributed by atoms with Crippen molar-refractivity contribution in [1.82, 2.24) is 5.32 Å². The molecule has 60 valence electrons. The quantitative estimate of drug-likeness (QED) is 0.578.